The van der Waals surface area contributed by atoms with Crippen LogP contribution in [-0.4, -0.2) is 6.11 Å². The summed E-state index contributed by atoms with van der Waals surface area (Å²) in [6.07, 6.45) is 2.64. The molecule has 0 saturated heterocycles. The molecule has 0 radical (unpaired) electrons. The Kier molecular flexibility index (Phi) is 8.35. The Morgan fingerprint density at radius 3 is 1.71 bits per heavy atom. The maximum absolute atomic E-state index is 15.1. The molecule has 9 heteroatoms. The van der Waals surface area contributed by atoms with Gasteiger partial charge in [0.15, 0.2) is 29.0 Å². The van der Waals surface area contributed by atoms with Crippen LogP contribution in [0.4, 0.5) is 35.1 Å². The minimum Gasteiger partial charge on any atom is -0.429 e. The zero-order chi connectivity index (χ0) is 29.5. The van der Waals surface area contributed by atoms with E-state index in [0.717, 1.165) is 56.0 Å². The highest BCUT2D eigenvalue weighted by molar-refractivity contribution is 5.72. The summed E-state index contributed by atoms with van der Waals surface area (Å²) < 4.78 is 120. The second-order valence-electron chi connectivity index (χ2n) is 11.5. The molecule has 2 saturated carbocycles. The first-order chi connectivity index (χ1) is 19.4. The van der Waals surface area contributed by atoms with Crippen molar-refractivity contribution in [2.75, 3.05) is 0 Å². The van der Waals surface area contributed by atoms with Gasteiger partial charge in [0.1, 0.15) is 5.82 Å². The quantitative estimate of drug-likeness (QED) is 0.208. The maximum atomic E-state index is 15.1. The van der Waals surface area contributed by atoms with Crippen molar-refractivity contribution in [3.05, 3.63) is 77.4 Å². The Hall–Kier alpha value is -3.10. The van der Waals surface area contributed by atoms with Crippen molar-refractivity contribution in [2.45, 2.75) is 64.4 Å². The third-order valence-electron chi connectivity index (χ3n) is 8.84. The smallest absolute Gasteiger partial charge is 0.400 e. The van der Waals surface area contributed by atoms with E-state index >= 15 is 8.78 Å². The second-order valence-corrected chi connectivity index (χ2v) is 11.5. The lowest BCUT2D eigenvalue weighted by Gasteiger charge is -2.38. The fourth-order valence-corrected chi connectivity index (χ4v) is 6.38. The maximum Gasteiger partial charge on any atom is 0.400 e. The first kappa shape index (κ1) is 29.4. The van der Waals surface area contributed by atoms with Crippen LogP contribution in [0.3, 0.4) is 0 Å². The van der Waals surface area contributed by atoms with Gasteiger partial charge in [-0.05, 0) is 97.7 Å². The highest BCUT2D eigenvalue weighted by atomic mass is 19.3. The van der Waals surface area contributed by atoms with Crippen molar-refractivity contribution in [3.63, 3.8) is 0 Å². The lowest BCUT2D eigenvalue weighted by Crippen LogP contribution is -2.38. The molecule has 0 unspecified atom stereocenters. The fraction of sp³-hybridized carbons (Fsp3) is 0.438. The SMILES string of the molecule is CC1CCC(C2CCC(C(F)(F)Oc3ccc(-c4ccc(-c5cc(F)c(F)c(F)c5)c(F)c4)c(F)c3F)CC2)CC1. The fourth-order valence-electron chi connectivity index (χ4n) is 6.38. The molecule has 220 valence electrons. The van der Waals surface area contributed by atoms with E-state index in [2.05, 4.69) is 6.92 Å². The van der Waals surface area contributed by atoms with Crippen molar-refractivity contribution in [3.8, 4) is 28.0 Å². The van der Waals surface area contributed by atoms with Gasteiger partial charge in [-0.25, -0.2) is 22.0 Å². The average Bonchev–Trinajstić information content (AvgIpc) is 2.94. The van der Waals surface area contributed by atoms with Gasteiger partial charge in [0.2, 0.25) is 5.82 Å². The number of alkyl halides is 2. The summed E-state index contributed by atoms with van der Waals surface area (Å²) >= 11 is 0. The van der Waals surface area contributed by atoms with E-state index in [4.69, 9.17) is 4.74 Å². The summed E-state index contributed by atoms with van der Waals surface area (Å²) in [6, 6.07) is 6.10. The highest BCUT2D eigenvalue weighted by Gasteiger charge is 2.45. The zero-order valence-electron chi connectivity index (χ0n) is 22.4. The average molecular weight is 583 g/mol. The Bertz CT molecular complexity index is 1380. The van der Waals surface area contributed by atoms with E-state index in [9.17, 15) is 26.3 Å². The molecule has 2 aliphatic rings. The van der Waals surface area contributed by atoms with E-state index in [-0.39, 0.29) is 29.5 Å². The van der Waals surface area contributed by atoms with Crippen LogP contribution in [0.1, 0.15) is 58.3 Å². The van der Waals surface area contributed by atoms with Gasteiger partial charge < -0.3 is 4.74 Å². The molecule has 2 fully saturated rings. The van der Waals surface area contributed by atoms with Gasteiger partial charge >= 0.3 is 6.11 Å². The summed E-state index contributed by atoms with van der Waals surface area (Å²) in [5, 5.41) is 0. The molecule has 0 atom stereocenters. The summed E-state index contributed by atoms with van der Waals surface area (Å²) in [4.78, 5) is 0. The van der Waals surface area contributed by atoms with Crippen molar-refractivity contribution in [2.24, 2.45) is 23.7 Å². The molecular formula is C32H30F8O. The monoisotopic (exact) mass is 582 g/mol. The molecule has 3 aromatic carbocycles. The first-order valence-corrected chi connectivity index (χ1v) is 13.9. The molecule has 5 rings (SSSR count). The van der Waals surface area contributed by atoms with Crippen molar-refractivity contribution < 1.29 is 39.9 Å². The van der Waals surface area contributed by atoms with Crippen molar-refractivity contribution >= 4 is 0 Å². The Morgan fingerprint density at radius 1 is 0.585 bits per heavy atom. The lowest BCUT2D eigenvalue weighted by molar-refractivity contribution is -0.225. The number of ether oxygens (including phenoxy) is 1. The van der Waals surface area contributed by atoms with E-state index in [0.29, 0.717) is 42.7 Å². The van der Waals surface area contributed by atoms with Crippen molar-refractivity contribution in [1.82, 2.24) is 0 Å². The molecule has 0 aromatic heterocycles. The van der Waals surface area contributed by atoms with E-state index in [1.165, 1.54) is 0 Å². The van der Waals surface area contributed by atoms with Crippen LogP contribution in [0.15, 0.2) is 42.5 Å². The predicted molar refractivity (Wildman–Crippen MR) is 139 cm³/mol. The first-order valence-electron chi connectivity index (χ1n) is 13.9. The van der Waals surface area contributed by atoms with Gasteiger partial charge in [-0.15, -0.1) is 0 Å². The van der Waals surface area contributed by atoms with Crippen LogP contribution < -0.4 is 4.74 Å². The Morgan fingerprint density at radius 2 is 1.12 bits per heavy atom. The molecule has 41 heavy (non-hydrogen) atoms. The summed E-state index contributed by atoms with van der Waals surface area (Å²) in [6.45, 7) is 2.23. The molecule has 3 aromatic rings. The van der Waals surface area contributed by atoms with Crippen LogP contribution >= 0.6 is 0 Å². The number of halogens is 8. The summed E-state index contributed by atoms with van der Waals surface area (Å²) in [5.74, 6) is -9.35. The number of hydrogen-bond donors (Lipinski definition) is 0. The van der Waals surface area contributed by atoms with Crippen LogP contribution in [0.5, 0.6) is 5.75 Å². The standard InChI is InChI=1S/C32H30F8O/c1-17-2-4-18(5-3-17)19-6-9-22(10-7-19)32(39,40)41-28-13-12-24(29(36)31(28)38)20-8-11-23(25(33)14-20)21-15-26(34)30(37)27(35)16-21/h8,11-19,22H,2-7,9-10H2,1H3. The third kappa shape index (κ3) is 6.09. The van der Waals surface area contributed by atoms with E-state index in [1.807, 2.05) is 0 Å². The molecular weight excluding hydrogens is 552 g/mol. The van der Waals surface area contributed by atoms with E-state index in [1.54, 1.807) is 0 Å². The van der Waals surface area contributed by atoms with Gasteiger partial charge in [-0.1, -0.05) is 31.9 Å². The normalized spacial score (nSPS) is 23.4. The molecule has 0 aliphatic heterocycles. The number of hydrogen-bond acceptors (Lipinski definition) is 1. The van der Waals surface area contributed by atoms with Gasteiger partial charge in [-0.2, -0.15) is 13.2 Å². The molecule has 0 heterocycles. The van der Waals surface area contributed by atoms with Crippen molar-refractivity contribution in [1.29, 1.82) is 0 Å². The molecule has 0 bridgehead atoms. The van der Waals surface area contributed by atoms with Crippen LogP contribution in [0, 0.1) is 58.6 Å². The van der Waals surface area contributed by atoms with Gasteiger partial charge in [0, 0.05) is 11.1 Å². The highest BCUT2D eigenvalue weighted by Crippen LogP contribution is 2.46. The predicted octanol–water partition coefficient (Wildman–Crippen LogP) is 10.5. The van der Waals surface area contributed by atoms with Gasteiger partial charge in [0.05, 0.1) is 5.92 Å². The third-order valence-corrected chi connectivity index (χ3v) is 8.84. The Balaban J connectivity index is 1.29. The minimum atomic E-state index is -3.70. The molecule has 0 spiro atoms. The number of rotatable bonds is 6. The summed E-state index contributed by atoms with van der Waals surface area (Å²) in [5.41, 5.74) is -1.19. The van der Waals surface area contributed by atoms with Crippen LogP contribution in [0.25, 0.3) is 22.3 Å². The molecule has 0 N–H and O–H groups in total. The molecule has 0 amide bonds. The van der Waals surface area contributed by atoms with Gasteiger partial charge in [0.25, 0.3) is 0 Å². The van der Waals surface area contributed by atoms with Crippen LogP contribution in [0.2, 0.25) is 0 Å². The zero-order valence-corrected chi connectivity index (χ0v) is 22.4. The largest absolute Gasteiger partial charge is 0.429 e. The second kappa shape index (κ2) is 11.6. The topological polar surface area (TPSA) is 9.23 Å². The molecule has 2 aliphatic carbocycles. The van der Waals surface area contributed by atoms with Gasteiger partial charge in [-0.3, -0.25) is 0 Å². The molecule has 1 nitrogen and oxygen atoms in total. The summed E-state index contributed by atoms with van der Waals surface area (Å²) in [7, 11) is 0. The van der Waals surface area contributed by atoms with Crippen LogP contribution in [-0.2, 0) is 0 Å². The minimum absolute atomic E-state index is 0.153. The van der Waals surface area contributed by atoms with E-state index < -0.39 is 58.2 Å². The lowest BCUT2D eigenvalue weighted by atomic mass is 9.69. The Labute approximate surface area is 233 Å². The number of benzene rings is 3.